The highest BCUT2D eigenvalue weighted by atomic mass is 16.7. The van der Waals surface area contributed by atoms with E-state index >= 15 is 0 Å². The van der Waals surface area contributed by atoms with Crippen LogP contribution in [0.4, 0.5) is 10.5 Å². The minimum absolute atomic E-state index is 0.00223. The minimum atomic E-state index is -0.991. The quantitative estimate of drug-likeness (QED) is 0.298. The lowest BCUT2D eigenvalue weighted by Crippen LogP contribution is -2.52. The zero-order chi connectivity index (χ0) is 35.5. The number of aliphatic carboxylic acids is 1. The van der Waals surface area contributed by atoms with Gasteiger partial charge in [-0.05, 0) is 42.7 Å². The number of fused-ring (bicyclic) bond motifs is 1. The number of methoxy groups -OCH3 is 1. The molecule has 0 radical (unpaired) electrons. The van der Waals surface area contributed by atoms with Crippen LogP contribution in [-0.2, 0) is 20.9 Å². The fourth-order valence-electron chi connectivity index (χ4n) is 7.21. The van der Waals surface area contributed by atoms with Crippen LogP contribution in [0, 0.1) is 5.92 Å². The summed E-state index contributed by atoms with van der Waals surface area (Å²) in [5.41, 5.74) is 2.65. The standard InChI is InChI=1S/C36H49N5O8/c1-7-8-14-40(26-11-9-10-24(17-26)22-41(3,4)5)32(43)21-39-20-27(25-18-29(47-6)34-30(19-25)48-23-49-34)33(35(44)45)28(39)12-15-38-16-13-31(42)37(2)36(38)46/h9-11,17-19,27-28,33H,7-8,12-16,20-23H2,1-6H3/p+1/t27-,28+,33-/m1/s1. The van der Waals surface area contributed by atoms with Gasteiger partial charge in [0.15, 0.2) is 11.5 Å². The maximum atomic E-state index is 14.3. The first-order chi connectivity index (χ1) is 23.3. The number of hydrogen-bond acceptors (Lipinski definition) is 8. The van der Waals surface area contributed by atoms with Crippen LogP contribution in [0.1, 0.15) is 49.7 Å². The van der Waals surface area contributed by atoms with E-state index in [4.69, 9.17) is 14.2 Å². The number of hydrogen-bond donors (Lipinski definition) is 1. The van der Waals surface area contributed by atoms with Crippen molar-refractivity contribution in [2.75, 3.05) is 79.7 Å². The average molecular weight is 681 g/mol. The van der Waals surface area contributed by atoms with E-state index in [1.54, 1.807) is 17.0 Å². The Labute approximate surface area is 288 Å². The van der Waals surface area contributed by atoms with E-state index in [0.29, 0.717) is 42.3 Å². The highest BCUT2D eigenvalue weighted by Gasteiger charge is 2.48. The highest BCUT2D eigenvalue weighted by molar-refractivity contribution is 5.96. The van der Waals surface area contributed by atoms with Crippen LogP contribution >= 0.6 is 0 Å². The molecule has 0 bridgehead atoms. The van der Waals surface area contributed by atoms with Gasteiger partial charge >= 0.3 is 12.0 Å². The SMILES string of the molecule is CCCCN(C(=O)CN1C[C@H](c2cc(OC)c3c(c2)OCO3)[C@@H](C(=O)O)[C@@H]1CCN1CCC(=O)N(C)C1=O)c1cccc(C[N+](C)(C)C)c1. The number of urea groups is 1. The number of benzene rings is 2. The summed E-state index contributed by atoms with van der Waals surface area (Å²) in [5.74, 6) is -1.34. The molecule has 3 aliphatic heterocycles. The fraction of sp³-hybridized carbons (Fsp3) is 0.556. The first-order valence-electron chi connectivity index (χ1n) is 17.0. The highest BCUT2D eigenvalue weighted by Crippen LogP contribution is 2.47. The molecular formula is C36H50N5O8+. The topological polar surface area (TPSA) is 129 Å². The number of carboxylic acids is 1. The van der Waals surface area contributed by atoms with E-state index in [2.05, 4.69) is 40.2 Å². The molecule has 3 atom stereocenters. The van der Waals surface area contributed by atoms with Gasteiger partial charge in [-0.2, -0.15) is 0 Å². The molecule has 3 aliphatic rings. The van der Waals surface area contributed by atoms with Gasteiger partial charge in [0, 0.05) is 62.9 Å². The molecular weight excluding hydrogens is 630 g/mol. The van der Waals surface area contributed by atoms with Gasteiger partial charge in [0.2, 0.25) is 24.4 Å². The monoisotopic (exact) mass is 680 g/mol. The Morgan fingerprint density at radius 3 is 2.59 bits per heavy atom. The van der Waals surface area contributed by atoms with Crippen LogP contribution in [0.15, 0.2) is 36.4 Å². The summed E-state index contributed by atoms with van der Waals surface area (Å²) < 4.78 is 17.6. The Bertz CT molecular complexity index is 1560. The predicted octanol–water partition coefficient (Wildman–Crippen LogP) is 3.61. The molecule has 3 heterocycles. The third-order valence-electron chi connectivity index (χ3n) is 9.62. The van der Waals surface area contributed by atoms with E-state index in [-0.39, 0.29) is 44.7 Å². The number of rotatable bonds is 14. The van der Waals surface area contributed by atoms with Crippen LogP contribution in [-0.4, -0.2) is 129 Å². The van der Waals surface area contributed by atoms with Gasteiger partial charge in [-0.3, -0.25) is 24.2 Å². The molecule has 4 amide bonds. The minimum Gasteiger partial charge on any atom is -0.493 e. The van der Waals surface area contributed by atoms with Gasteiger partial charge in [-0.15, -0.1) is 0 Å². The van der Waals surface area contributed by atoms with Gasteiger partial charge in [0.1, 0.15) is 6.54 Å². The summed E-state index contributed by atoms with van der Waals surface area (Å²) in [5, 5.41) is 10.7. The maximum Gasteiger partial charge on any atom is 0.326 e. The number of ether oxygens (including phenoxy) is 3. The molecule has 0 aliphatic carbocycles. The Morgan fingerprint density at radius 2 is 1.90 bits per heavy atom. The fourth-order valence-corrected chi connectivity index (χ4v) is 7.21. The lowest BCUT2D eigenvalue weighted by atomic mass is 9.84. The Balaban J connectivity index is 1.47. The van der Waals surface area contributed by atoms with Gasteiger partial charge in [0.25, 0.3) is 0 Å². The number of quaternary nitrogens is 1. The van der Waals surface area contributed by atoms with E-state index in [1.165, 1.54) is 14.2 Å². The molecule has 0 unspecified atom stereocenters. The predicted molar refractivity (Wildman–Crippen MR) is 183 cm³/mol. The van der Waals surface area contributed by atoms with E-state index < -0.39 is 29.9 Å². The number of carbonyl (C=O) groups excluding carboxylic acids is 3. The molecule has 0 saturated carbocycles. The molecule has 13 nitrogen and oxygen atoms in total. The van der Waals surface area contributed by atoms with Crippen molar-refractivity contribution in [3.63, 3.8) is 0 Å². The molecule has 266 valence electrons. The van der Waals surface area contributed by atoms with Crippen LogP contribution in [0.25, 0.3) is 0 Å². The Morgan fingerprint density at radius 1 is 1.12 bits per heavy atom. The number of amides is 4. The summed E-state index contributed by atoms with van der Waals surface area (Å²) >= 11 is 0. The molecule has 13 heteroatoms. The number of unbranched alkanes of at least 4 members (excludes halogenated alkanes) is 1. The summed E-state index contributed by atoms with van der Waals surface area (Å²) in [7, 11) is 9.35. The molecule has 2 aromatic carbocycles. The van der Waals surface area contributed by atoms with Crippen molar-refractivity contribution >= 4 is 29.5 Å². The molecule has 5 rings (SSSR count). The first-order valence-corrected chi connectivity index (χ1v) is 17.0. The van der Waals surface area contributed by atoms with Crippen molar-refractivity contribution in [3.8, 4) is 17.2 Å². The lowest BCUT2D eigenvalue weighted by molar-refractivity contribution is -0.884. The molecule has 0 aromatic heterocycles. The summed E-state index contributed by atoms with van der Waals surface area (Å²) in [6.45, 7) is 4.28. The molecule has 1 N–H and O–H groups in total. The average Bonchev–Trinajstić information content (AvgIpc) is 3.67. The molecule has 2 saturated heterocycles. The van der Waals surface area contributed by atoms with E-state index in [1.807, 2.05) is 21.9 Å². The zero-order valence-electron chi connectivity index (χ0n) is 29.5. The summed E-state index contributed by atoms with van der Waals surface area (Å²) in [6.07, 6.45) is 2.24. The number of imide groups is 1. The Hall–Kier alpha value is -4.36. The normalized spacial score (nSPS) is 21.0. The van der Waals surface area contributed by atoms with Crippen LogP contribution in [0.5, 0.6) is 17.2 Å². The van der Waals surface area contributed by atoms with Crippen LogP contribution in [0.2, 0.25) is 0 Å². The van der Waals surface area contributed by atoms with Gasteiger partial charge in [-0.25, -0.2) is 4.79 Å². The molecule has 0 spiro atoms. The molecule has 2 aromatic rings. The first kappa shape index (κ1) is 35.9. The second-order valence-corrected chi connectivity index (χ2v) is 14.2. The lowest BCUT2D eigenvalue weighted by Gasteiger charge is -2.34. The van der Waals surface area contributed by atoms with Gasteiger partial charge in [0.05, 0.1) is 40.7 Å². The number of carboxylic acid groups (broad SMARTS) is 1. The largest absolute Gasteiger partial charge is 0.493 e. The second-order valence-electron chi connectivity index (χ2n) is 14.2. The number of nitrogens with zero attached hydrogens (tertiary/aromatic N) is 5. The third-order valence-corrected chi connectivity index (χ3v) is 9.62. The van der Waals surface area contributed by atoms with Crippen LogP contribution in [0.3, 0.4) is 0 Å². The number of carbonyl (C=O) groups is 4. The van der Waals surface area contributed by atoms with Crippen molar-refractivity contribution in [2.24, 2.45) is 5.92 Å². The van der Waals surface area contributed by atoms with Crippen molar-refractivity contribution in [1.82, 2.24) is 14.7 Å². The number of anilines is 1. The van der Waals surface area contributed by atoms with E-state index in [9.17, 15) is 24.3 Å². The van der Waals surface area contributed by atoms with Gasteiger partial charge in [-0.1, -0.05) is 25.5 Å². The van der Waals surface area contributed by atoms with Crippen molar-refractivity contribution in [1.29, 1.82) is 0 Å². The van der Waals surface area contributed by atoms with Crippen molar-refractivity contribution in [2.45, 2.75) is 51.1 Å². The van der Waals surface area contributed by atoms with Crippen LogP contribution < -0.4 is 19.1 Å². The third kappa shape index (κ3) is 8.10. The van der Waals surface area contributed by atoms with Crippen molar-refractivity contribution < 1.29 is 43.0 Å². The number of likely N-dealkylation sites (tertiary alicyclic amines) is 1. The Kier molecular flexibility index (Phi) is 11.0. The summed E-state index contributed by atoms with van der Waals surface area (Å²) in [6, 6.07) is 10.7. The summed E-state index contributed by atoms with van der Waals surface area (Å²) in [4.78, 5) is 59.0. The second kappa shape index (κ2) is 15.0. The smallest absolute Gasteiger partial charge is 0.326 e. The molecule has 2 fully saturated rings. The maximum absolute atomic E-state index is 14.3. The zero-order valence-corrected chi connectivity index (χ0v) is 29.5. The molecule has 49 heavy (non-hydrogen) atoms. The van der Waals surface area contributed by atoms with Crippen molar-refractivity contribution in [3.05, 3.63) is 47.5 Å². The van der Waals surface area contributed by atoms with Gasteiger partial charge < -0.3 is 33.6 Å². The van der Waals surface area contributed by atoms with E-state index in [0.717, 1.165) is 40.0 Å².